The Hall–Kier alpha value is -2.18. The summed E-state index contributed by atoms with van der Waals surface area (Å²) < 4.78 is 5.40. The van der Waals surface area contributed by atoms with Gasteiger partial charge in [0, 0.05) is 11.8 Å². The Labute approximate surface area is 90.4 Å². The summed E-state index contributed by atoms with van der Waals surface area (Å²) in [5.74, 6) is -0.634. The lowest BCUT2D eigenvalue weighted by molar-refractivity contribution is -0.386. The van der Waals surface area contributed by atoms with Crippen LogP contribution in [0.3, 0.4) is 0 Å². The predicted molar refractivity (Wildman–Crippen MR) is 54.1 cm³/mol. The van der Waals surface area contributed by atoms with Crippen molar-refractivity contribution < 1.29 is 14.5 Å². The molecule has 0 radical (unpaired) electrons. The second-order valence-corrected chi connectivity index (χ2v) is 3.08. The number of hydrogen-bond donors (Lipinski definition) is 0. The highest BCUT2D eigenvalue weighted by molar-refractivity contribution is 5.69. The molecular weight excluding hydrogens is 216 g/mol. The number of carbonyl (C=O) groups is 1. The number of pyridine rings is 1. The van der Waals surface area contributed by atoms with Crippen LogP contribution in [0, 0.1) is 17.0 Å². The second-order valence-electron chi connectivity index (χ2n) is 3.08. The summed E-state index contributed by atoms with van der Waals surface area (Å²) in [4.78, 5) is 32.3. The standard InChI is InChI=1S/C9H10N2O5/c1-6-3-4-7(11(14)15)9(13)10(6)5-8(12)16-2/h3-4H,5H2,1-2H3. The van der Waals surface area contributed by atoms with Crippen LogP contribution in [-0.2, 0) is 16.1 Å². The molecule has 0 aliphatic heterocycles. The van der Waals surface area contributed by atoms with Crippen LogP contribution in [0.4, 0.5) is 5.69 Å². The summed E-state index contributed by atoms with van der Waals surface area (Å²) >= 11 is 0. The summed E-state index contributed by atoms with van der Waals surface area (Å²) in [5.41, 5.74) is -0.911. The van der Waals surface area contributed by atoms with Crippen LogP contribution in [0.5, 0.6) is 0 Å². The van der Waals surface area contributed by atoms with Crippen molar-refractivity contribution in [2.75, 3.05) is 7.11 Å². The van der Waals surface area contributed by atoms with E-state index in [-0.39, 0.29) is 6.54 Å². The third-order valence-electron chi connectivity index (χ3n) is 2.08. The SMILES string of the molecule is COC(=O)Cn1c(C)ccc([N+](=O)[O-])c1=O. The van der Waals surface area contributed by atoms with Gasteiger partial charge < -0.3 is 4.74 Å². The summed E-state index contributed by atoms with van der Waals surface area (Å²) in [6.07, 6.45) is 0. The zero-order chi connectivity index (χ0) is 12.3. The Morgan fingerprint density at radius 1 is 1.56 bits per heavy atom. The molecule has 7 heteroatoms. The average molecular weight is 226 g/mol. The fourth-order valence-electron chi connectivity index (χ4n) is 1.19. The van der Waals surface area contributed by atoms with E-state index in [4.69, 9.17) is 0 Å². The summed E-state index contributed by atoms with van der Waals surface area (Å²) in [7, 11) is 1.18. The van der Waals surface area contributed by atoms with Gasteiger partial charge in [0.2, 0.25) is 0 Å². The number of nitro groups is 1. The Kier molecular flexibility index (Phi) is 3.39. The molecule has 0 aliphatic carbocycles. The molecule has 1 aromatic rings. The summed E-state index contributed by atoms with van der Waals surface area (Å²) in [5, 5.41) is 10.5. The van der Waals surface area contributed by atoms with E-state index < -0.39 is 22.1 Å². The van der Waals surface area contributed by atoms with E-state index in [9.17, 15) is 19.7 Å². The van der Waals surface area contributed by atoms with Crippen LogP contribution in [0.1, 0.15) is 5.69 Å². The molecule has 0 aromatic carbocycles. The minimum Gasteiger partial charge on any atom is -0.468 e. The van der Waals surface area contributed by atoms with Crippen molar-refractivity contribution in [2.24, 2.45) is 0 Å². The molecule has 7 nitrogen and oxygen atoms in total. The largest absolute Gasteiger partial charge is 0.468 e. The van der Waals surface area contributed by atoms with Crippen LogP contribution in [0.15, 0.2) is 16.9 Å². The van der Waals surface area contributed by atoms with Gasteiger partial charge >= 0.3 is 17.2 Å². The lowest BCUT2D eigenvalue weighted by Gasteiger charge is -2.07. The molecule has 1 aromatic heterocycles. The van der Waals surface area contributed by atoms with Crippen LogP contribution < -0.4 is 5.56 Å². The Bertz CT molecular complexity index is 491. The molecule has 16 heavy (non-hydrogen) atoms. The topological polar surface area (TPSA) is 91.4 Å². The molecule has 0 N–H and O–H groups in total. The average Bonchev–Trinajstić information content (AvgIpc) is 2.23. The Morgan fingerprint density at radius 2 is 2.19 bits per heavy atom. The fraction of sp³-hybridized carbons (Fsp3) is 0.333. The van der Waals surface area contributed by atoms with Crippen LogP contribution >= 0.6 is 0 Å². The van der Waals surface area contributed by atoms with Gasteiger partial charge in [-0.05, 0) is 13.0 Å². The molecule has 0 amide bonds. The molecule has 0 aliphatic rings. The molecule has 1 rings (SSSR count). The van der Waals surface area contributed by atoms with Crippen molar-refractivity contribution in [3.8, 4) is 0 Å². The van der Waals surface area contributed by atoms with E-state index in [1.807, 2.05) is 0 Å². The first-order valence-corrected chi connectivity index (χ1v) is 4.39. The van der Waals surface area contributed by atoms with Gasteiger partial charge in [0.15, 0.2) is 0 Å². The van der Waals surface area contributed by atoms with Crippen molar-refractivity contribution in [3.05, 3.63) is 38.3 Å². The number of hydrogen-bond acceptors (Lipinski definition) is 5. The van der Waals surface area contributed by atoms with Crippen molar-refractivity contribution >= 4 is 11.7 Å². The zero-order valence-electron chi connectivity index (χ0n) is 8.80. The normalized spacial score (nSPS) is 9.88. The minimum atomic E-state index is -0.810. The molecule has 0 saturated heterocycles. The highest BCUT2D eigenvalue weighted by Crippen LogP contribution is 2.05. The van der Waals surface area contributed by atoms with Gasteiger partial charge in [-0.3, -0.25) is 24.3 Å². The number of nitrogens with zero attached hydrogens (tertiary/aromatic N) is 2. The maximum Gasteiger partial charge on any atom is 0.334 e. The quantitative estimate of drug-likeness (QED) is 0.418. The molecule has 0 spiro atoms. The number of aromatic nitrogens is 1. The number of carbonyl (C=O) groups excluding carboxylic acids is 1. The fourth-order valence-corrected chi connectivity index (χ4v) is 1.19. The van der Waals surface area contributed by atoms with Crippen LogP contribution in [0.25, 0.3) is 0 Å². The molecule has 86 valence electrons. The summed E-state index contributed by atoms with van der Waals surface area (Å²) in [6.45, 7) is 1.25. The highest BCUT2D eigenvalue weighted by Gasteiger charge is 2.17. The maximum atomic E-state index is 11.6. The number of aryl methyl sites for hydroxylation is 1. The Balaban J connectivity index is 3.27. The minimum absolute atomic E-state index is 0.331. The van der Waals surface area contributed by atoms with E-state index >= 15 is 0 Å². The first kappa shape index (κ1) is 11.9. The van der Waals surface area contributed by atoms with E-state index in [0.29, 0.717) is 5.69 Å². The zero-order valence-corrected chi connectivity index (χ0v) is 8.80. The van der Waals surface area contributed by atoms with Gasteiger partial charge in [-0.2, -0.15) is 0 Å². The monoisotopic (exact) mass is 226 g/mol. The van der Waals surface area contributed by atoms with Crippen LogP contribution in [-0.4, -0.2) is 22.6 Å². The Morgan fingerprint density at radius 3 is 2.69 bits per heavy atom. The summed E-state index contributed by atoms with van der Waals surface area (Å²) in [6, 6.07) is 2.52. The number of esters is 1. The van der Waals surface area contributed by atoms with Gasteiger partial charge in [-0.15, -0.1) is 0 Å². The third kappa shape index (κ3) is 2.25. The lowest BCUT2D eigenvalue weighted by Crippen LogP contribution is -2.28. The van der Waals surface area contributed by atoms with Gasteiger partial charge in [-0.1, -0.05) is 0 Å². The first-order chi connectivity index (χ1) is 7.47. The second kappa shape index (κ2) is 4.56. The van der Waals surface area contributed by atoms with Crippen molar-refractivity contribution in [1.82, 2.24) is 4.57 Å². The molecule has 0 atom stereocenters. The first-order valence-electron chi connectivity index (χ1n) is 4.39. The number of methoxy groups -OCH3 is 1. The lowest BCUT2D eigenvalue weighted by atomic mass is 10.3. The maximum absolute atomic E-state index is 11.6. The van der Waals surface area contributed by atoms with Crippen molar-refractivity contribution in [1.29, 1.82) is 0 Å². The van der Waals surface area contributed by atoms with E-state index in [0.717, 1.165) is 10.6 Å². The van der Waals surface area contributed by atoms with Gasteiger partial charge in [0.05, 0.1) is 12.0 Å². The number of rotatable bonds is 3. The van der Waals surface area contributed by atoms with Gasteiger partial charge in [0.1, 0.15) is 6.54 Å². The third-order valence-corrected chi connectivity index (χ3v) is 2.08. The van der Waals surface area contributed by atoms with Crippen molar-refractivity contribution in [3.63, 3.8) is 0 Å². The smallest absolute Gasteiger partial charge is 0.334 e. The van der Waals surface area contributed by atoms with Gasteiger partial charge in [-0.25, -0.2) is 0 Å². The molecule has 0 fully saturated rings. The molecular formula is C9H10N2O5. The predicted octanol–water partition coefficient (Wildman–Crippen LogP) is 0.238. The van der Waals surface area contributed by atoms with E-state index in [1.54, 1.807) is 6.92 Å². The van der Waals surface area contributed by atoms with E-state index in [2.05, 4.69) is 4.74 Å². The molecule has 1 heterocycles. The van der Waals surface area contributed by atoms with Crippen molar-refractivity contribution in [2.45, 2.75) is 13.5 Å². The van der Waals surface area contributed by atoms with Crippen LogP contribution in [0.2, 0.25) is 0 Å². The number of ether oxygens (including phenoxy) is 1. The molecule has 0 saturated carbocycles. The van der Waals surface area contributed by atoms with Gasteiger partial charge in [0.25, 0.3) is 0 Å². The van der Waals surface area contributed by atoms with E-state index in [1.165, 1.54) is 13.2 Å². The molecule has 0 unspecified atom stereocenters. The molecule has 0 bridgehead atoms. The highest BCUT2D eigenvalue weighted by atomic mass is 16.6.